The Morgan fingerprint density at radius 3 is 2.36 bits per heavy atom. The van der Waals surface area contributed by atoms with Crippen molar-refractivity contribution in [2.24, 2.45) is 0 Å². The molecule has 9 heteroatoms. The lowest BCUT2D eigenvalue weighted by Crippen LogP contribution is -2.35. The van der Waals surface area contributed by atoms with Gasteiger partial charge < -0.3 is 10.1 Å². The normalized spacial score (nSPS) is 12.7. The molecule has 0 aliphatic heterocycles. The number of hydrogen-bond acceptors (Lipinski definition) is 5. The standard InChI is InChI=1S/C16H23ClN2O5S/c1-5-18-15(20)11(4)24-16(21)13-10-12(8-9-14(13)17)25(22,23)19(6-2)7-3/h8-11H,5-7H2,1-4H3,(H,18,20)/t11-/m0/s1. The second kappa shape index (κ2) is 9.17. The van der Waals surface area contributed by atoms with E-state index in [4.69, 9.17) is 16.3 Å². The summed E-state index contributed by atoms with van der Waals surface area (Å²) in [5.74, 6) is -1.31. The first kappa shape index (κ1) is 21.4. The third-order valence-corrected chi connectivity index (χ3v) is 5.88. The minimum Gasteiger partial charge on any atom is -0.449 e. The number of rotatable bonds is 8. The fraction of sp³-hybridized carbons (Fsp3) is 0.500. The number of nitrogens with one attached hydrogen (secondary N) is 1. The Morgan fingerprint density at radius 1 is 1.24 bits per heavy atom. The number of benzene rings is 1. The molecule has 0 fully saturated rings. The Morgan fingerprint density at radius 2 is 1.84 bits per heavy atom. The van der Waals surface area contributed by atoms with Gasteiger partial charge in [0.25, 0.3) is 5.91 Å². The topological polar surface area (TPSA) is 92.8 Å². The van der Waals surface area contributed by atoms with Gasteiger partial charge in [-0.15, -0.1) is 0 Å². The van der Waals surface area contributed by atoms with Gasteiger partial charge in [-0.3, -0.25) is 4.79 Å². The molecule has 1 aromatic rings. The van der Waals surface area contributed by atoms with Crippen LogP contribution in [-0.4, -0.2) is 50.3 Å². The fourth-order valence-electron chi connectivity index (χ4n) is 2.13. The summed E-state index contributed by atoms with van der Waals surface area (Å²) in [6, 6.07) is 3.83. The molecule has 0 radical (unpaired) electrons. The van der Waals surface area contributed by atoms with E-state index in [0.29, 0.717) is 19.6 Å². The molecule has 25 heavy (non-hydrogen) atoms. The zero-order valence-corrected chi connectivity index (χ0v) is 16.3. The SMILES string of the molecule is CCNC(=O)[C@H](C)OC(=O)c1cc(S(=O)(=O)N(CC)CC)ccc1Cl. The van der Waals surface area contributed by atoms with E-state index in [1.807, 2.05) is 0 Å². The molecule has 140 valence electrons. The summed E-state index contributed by atoms with van der Waals surface area (Å²) in [7, 11) is -3.74. The summed E-state index contributed by atoms with van der Waals surface area (Å²) in [5, 5.41) is 2.58. The Bertz CT molecular complexity index is 732. The summed E-state index contributed by atoms with van der Waals surface area (Å²) in [6.45, 7) is 7.61. The highest BCUT2D eigenvalue weighted by molar-refractivity contribution is 7.89. The van der Waals surface area contributed by atoms with Gasteiger partial charge in [-0.05, 0) is 32.0 Å². The Kier molecular flexibility index (Phi) is 7.85. The van der Waals surface area contributed by atoms with Gasteiger partial charge >= 0.3 is 5.97 Å². The number of amides is 1. The van der Waals surface area contributed by atoms with Gasteiger partial charge in [0.1, 0.15) is 0 Å². The molecule has 0 saturated heterocycles. The summed E-state index contributed by atoms with van der Waals surface area (Å²) >= 11 is 6.00. The first-order chi connectivity index (χ1) is 11.7. The van der Waals surface area contributed by atoms with E-state index in [2.05, 4.69) is 5.32 Å². The van der Waals surface area contributed by atoms with Crippen molar-refractivity contribution in [1.82, 2.24) is 9.62 Å². The molecule has 0 aliphatic carbocycles. The van der Waals surface area contributed by atoms with Crippen molar-refractivity contribution in [3.05, 3.63) is 28.8 Å². The van der Waals surface area contributed by atoms with E-state index < -0.39 is 28.0 Å². The first-order valence-corrected chi connectivity index (χ1v) is 9.79. The highest BCUT2D eigenvalue weighted by Crippen LogP contribution is 2.24. The van der Waals surface area contributed by atoms with E-state index in [9.17, 15) is 18.0 Å². The van der Waals surface area contributed by atoms with E-state index in [1.54, 1.807) is 20.8 Å². The van der Waals surface area contributed by atoms with Crippen molar-refractivity contribution in [3.63, 3.8) is 0 Å². The highest BCUT2D eigenvalue weighted by Gasteiger charge is 2.25. The minimum atomic E-state index is -3.74. The molecular weight excluding hydrogens is 368 g/mol. The molecule has 0 spiro atoms. The fourth-order valence-corrected chi connectivity index (χ4v) is 3.81. The average Bonchev–Trinajstić information content (AvgIpc) is 2.55. The molecule has 0 saturated carbocycles. The number of sulfonamides is 1. The van der Waals surface area contributed by atoms with E-state index >= 15 is 0 Å². The third kappa shape index (κ3) is 5.17. The molecular formula is C16H23ClN2O5S. The zero-order chi connectivity index (χ0) is 19.2. The number of ether oxygens (including phenoxy) is 1. The molecule has 0 aromatic heterocycles. The van der Waals surface area contributed by atoms with Crippen LogP contribution < -0.4 is 5.32 Å². The molecule has 0 bridgehead atoms. The van der Waals surface area contributed by atoms with Crippen LogP contribution in [0.3, 0.4) is 0 Å². The highest BCUT2D eigenvalue weighted by atomic mass is 35.5. The quantitative estimate of drug-likeness (QED) is 0.686. The van der Waals surface area contributed by atoms with Gasteiger partial charge in [0.2, 0.25) is 10.0 Å². The van der Waals surface area contributed by atoms with Gasteiger partial charge in [-0.2, -0.15) is 4.31 Å². The number of likely N-dealkylation sites (N-methyl/N-ethyl adjacent to an activating group) is 1. The zero-order valence-electron chi connectivity index (χ0n) is 14.7. The van der Waals surface area contributed by atoms with Gasteiger partial charge in [-0.25, -0.2) is 13.2 Å². The first-order valence-electron chi connectivity index (χ1n) is 7.97. The Hall–Kier alpha value is -1.64. The summed E-state index contributed by atoms with van der Waals surface area (Å²) in [6.07, 6.45) is -1.02. The molecule has 1 N–H and O–H groups in total. The minimum absolute atomic E-state index is 0.0478. The lowest BCUT2D eigenvalue weighted by atomic mass is 10.2. The predicted octanol–water partition coefficient (Wildman–Crippen LogP) is 2.05. The largest absolute Gasteiger partial charge is 0.449 e. The molecule has 1 aromatic carbocycles. The van der Waals surface area contributed by atoms with Crippen molar-refractivity contribution >= 4 is 33.5 Å². The molecule has 0 aliphatic rings. The maximum atomic E-state index is 12.6. The van der Waals surface area contributed by atoms with Crippen LogP contribution in [0.4, 0.5) is 0 Å². The molecule has 1 amide bonds. The van der Waals surface area contributed by atoms with Crippen LogP contribution >= 0.6 is 11.6 Å². The van der Waals surface area contributed by atoms with Crippen LogP contribution in [0.2, 0.25) is 5.02 Å². The number of carbonyl (C=O) groups is 2. The number of hydrogen-bond donors (Lipinski definition) is 1. The molecule has 1 rings (SSSR count). The van der Waals surface area contributed by atoms with Crippen LogP contribution in [0, 0.1) is 0 Å². The Labute approximate surface area is 153 Å². The van der Waals surface area contributed by atoms with Crippen molar-refractivity contribution in [3.8, 4) is 0 Å². The number of esters is 1. The number of carbonyl (C=O) groups excluding carboxylic acids is 2. The van der Waals surface area contributed by atoms with E-state index in [-0.39, 0.29) is 15.5 Å². The van der Waals surface area contributed by atoms with Crippen LogP contribution in [0.15, 0.2) is 23.1 Å². The second-order valence-corrected chi connectivity index (χ2v) is 7.52. The maximum absolute atomic E-state index is 12.6. The van der Waals surface area contributed by atoms with Gasteiger partial charge in [0.15, 0.2) is 6.10 Å². The van der Waals surface area contributed by atoms with Gasteiger partial charge in [0, 0.05) is 19.6 Å². The monoisotopic (exact) mass is 390 g/mol. The van der Waals surface area contributed by atoms with Gasteiger partial charge in [0.05, 0.1) is 15.5 Å². The average molecular weight is 391 g/mol. The number of halogens is 1. The Balaban J connectivity index is 3.13. The summed E-state index contributed by atoms with van der Waals surface area (Å²) < 4.78 is 31.5. The molecule has 0 unspecified atom stereocenters. The lowest BCUT2D eigenvalue weighted by molar-refractivity contribution is -0.128. The molecule has 1 atom stereocenters. The van der Waals surface area contributed by atoms with Crippen LogP contribution in [0.1, 0.15) is 38.1 Å². The van der Waals surface area contributed by atoms with Crippen molar-refractivity contribution in [2.45, 2.75) is 38.7 Å². The van der Waals surface area contributed by atoms with Crippen LogP contribution in [-0.2, 0) is 19.6 Å². The second-order valence-electron chi connectivity index (χ2n) is 5.17. The smallest absolute Gasteiger partial charge is 0.340 e. The van der Waals surface area contributed by atoms with Crippen molar-refractivity contribution < 1.29 is 22.7 Å². The van der Waals surface area contributed by atoms with E-state index in [1.165, 1.54) is 29.4 Å². The summed E-state index contributed by atoms with van der Waals surface area (Å²) in [5.41, 5.74) is -0.106. The van der Waals surface area contributed by atoms with Crippen molar-refractivity contribution in [1.29, 1.82) is 0 Å². The number of nitrogens with zero attached hydrogens (tertiary/aromatic N) is 1. The molecule has 7 nitrogen and oxygen atoms in total. The summed E-state index contributed by atoms with van der Waals surface area (Å²) in [4.78, 5) is 23.9. The molecule has 0 heterocycles. The van der Waals surface area contributed by atoms with Crippen LogP contribution in [0.5, 0.6) is 0 Å². The lowest BCUT2D eigenvalue weighted by Gasteiger charge is -2.19. The van der Waals surface area contributed by atoms with Gasteiger partial charge in [-0.1, -0.05) is 25.4 Å². The van der Waals surface area contributed by atoms with Crippen molar-refractivity contribution in [2.75, 3.05) is 19.6 Å². The van der Waals surface area contributed by atoms with Crippen LogP contribution in [0.25, 0.3) is 0 Å². The third-order valence-electron chi connectivity index (χ3n) is 3.50. The maximum Gasteiger partial charge on any atom is 0.340 e. The predicted molar refractivity (Wildman–Crippen MR) is 95.1 cm³/mol. The van der Waals surface area contributed by atoms with E-state index in [0.717, 1.165) is 0 Å².